The summed E-state index contributed by atoms with van der Waals surface area (Å²) in [6.45, 7) is 9.31. The summed E-state index contributed by atoms with van der Waals surface area (Å²) in [7, 11) is 0. The SMILES string of the molecule is CC(C)CCNC1=C(C#N)C(=O)CC(C)(C)C1. The quantitative estimate of drug-likeness (QED) is 0.813. The first-order chi connectivity index (χ1) is 7.85. The number of ketones is 1. The van der Waals surface area contributed by atoms with Crippen LogP contribution in [0.25, 0.3) is 0 Å². The van der Waals surface area contributed by atoms with Crippen molar-refractivity contribution in [2.75, 3.05) is 6.54 Å². The van der Waals surface area contributed by atoms with Gasteiger partial charge in [0.05, 0.1) is 0 Å². The standard InChI is InChI=1S/C14H22N2O/c1-10(2)5-6-16-12-7-14(3,4)8-13(17)11(12)9-15/h10,16H,5-8H2,1-4H3. The molecule has 94 valence electrons. The molecular weight excluding hydrogens is 212 g/mol. The Kier molecular flexibility index (Phi) is 4.34. The van der Waals surface area contributed by atoms with Gasteiger partial charge in [-0.2, -0.15) is 5.26 Å². The van der Waals surface area contributed by atoms with Crippen LogP contribution < -0.4 is 5.32 Å². The number of allylic oxidation sites excluding steroid dienone is 2. The number of carbonyl (C=O) groups is 1. The molecule has 1 rings (SSSR count). The van der Waals surface area contributed by atoms with E-state index in [-0.39, 0.29) is 11.2 Å². The van der Waals surface area contributed by atoms with Gasteiger partial charge in [-0.15, -0.1) is 0 Å². The van der Waals surface area contributed by atoms with E-state index in [2.05, 4.69) is 33.0 Å². The molecule has 0 amide bonds. The highest BCUT2D eigenvalue weighted by molar-refractivity contribution is 6.01. The van der Waals surface area contributed by atoms with Gasteiger partial charge in [-0.25, -0.2) is 0 Å². The van der Waals surface area contributed by atoms with Gasteiger partial charge in [-0.3, -0.25) is 4.79 Å². The molecule has 3 nitrogen and oxygen atoms in total. The second-order valence-electron chi connectivity index (χ2n) is 6.02. The molecule has 0 heterocycles. The fraction of sp³-hybridized carbons (Fsp3) is 0.714. The van der Waals surface area contributed by atoms with Crippen LogP contribution in [-0.4, -0.2) is 12.3 Å². The van der Waals surface area contributed by atoms with E-state index in [4.69, 9.17) is 5.26 Å². The van der Waals surface area contributed by atoms with Crippen LogP contribution >= 0.6 is 0 Å². The van der Waals surface area contributed by atoms with E-state index in [0.717, 1.165) is 25.1 Å². The van der Waals surface area contributed by atoms with Gasteiger partial charge >= 0.3 is 0 Å². The first kappa shape index (κ1) is 13.8. The summed E-state index contributed by atoms with van der Waals surface area (Å²) >= 11 is 0. The van der Waals surface area contributed by atoms with Crippen molar-refractivity contribution in [1.29, 1.82) is 5.26 Å². The van der Waals surface area contributed by atoms with Crippen molar-refractivity contribution in [2.24, 2.45) is 11.3 Å². The lowest BCUT2D eigenvalue weighted by Gasteiger charge is -2.30. The zero-order chi connectivity index (χ0) is 13.1. The molecule has 0 unspecified atom stereocenters. The van der Waals surface area contributed by atoms with E-state index in [1.165, 1.54) is 0 Å². The second-order valence-corrected chi connectivity index (χ2v) is 6.02. The zero-order valence-corrected chi connectivity index (χ0v) is 11.3. The number of rotatable bonds is 4. The lowest BCUT2D eigenvalue weighted by Crippen LogP contribution is -2.31. The van der Waals surface area contributed by atoms with E-state index < -0.39 is 0 Å². The van der Waals surface area contributed by atoms with Crippen LogP contribution in [0.15, 0.2) is 11.3 Å². The number of nitrogens with one attached hydrogen (secondary N) is 1. The Morgan fingerprint density at radius 1 is 1.41 bits per heavy atom. The third-order valence-electron chi connectivity index (χ3n) is 3.05. The van der Waals surface area contributed by atoms with Crippen molar-refractivity contribution in [3.05, 3.63) is 11.3 Å². The van der Waals surface area contributed by atoms with Crippen LogP contribution in [-0.2, 0) is 4.79 Å². The van der Waals surface area contributed by atoms with Crippen molar-refractivity contribution in [3.63, 3.8) is 0 Å². The molecule has 0 aliphatic heterocycles. The Balaban J connectivity index is 2.77. The van der Waals surface area contributed by atoms with Gasteiger partial charge in [0, 0.05) is 18.7 Å². The van der Waals surface area contributed by atoms with Crippen LogP contribution in [0.1, 0.15) is 47.0 Å². The summed E-state index contributed by atoms with van der Waals surface area (Å²) in [5.41, 5.74) is 1.15. The second kappa shape index (κ2) is 5.35. The van der Waals surface area contributed by atoms with Crippen molar-refractivity contribution >= 4 is 5.78 Å². The molecule has 0 saturated heterocycles. The molecule has 0 saturated carbocycles. The topological polar surface area (TPSA) is 52.9 Å². The lowest BCUT2D eigenvalue weighted by molar-refractivity contribution is -0.117. The van der Waals surface area contributed by atoms with Gasteiger partial charge in [-0.1, -0.05) is 27.7 Å². The van der Waals surface area contributed by atoms with Crippen LogP contribution in [0.4, 0.5) is 0 Å². The summed E-state index contributed by atoms with van der Waals surface area (Å²) in [4.78, 5) is 11.8. The monoisotopic (exact) mass is 234 g/mol. The third kappa shape index (κ3) is 3.89. The molecule has 0 radical (unpaired) electrons. The van der Waals surface area contributed by atoms with Gasteiger partial charge in [-0.05, 0) is 24.2 Å². The summed E-state index contributed by atoms with van der Waals surface area (Å²) in [5, 5.41) is 12.3. The minimum atomic E-state index is -0.0302. The van der Waals surface area contributed by atoms with E-state index in [9.17, 15) is 4.79 Å². The highest BCUT2D eigenvalue weighted by atomic mass is 16.1. The number of nitrogens with zero attached hydrogens (tertiary/aromatic N) is 1. The Labute approximate surface area is 104 Å². The number of carbonyl (C=O) groups excluding carboxylic acids is 1. The fourth-order valence-electron chi connectivity index (χ4n) is 2.11. The molecule has 0 atom stereocenters. The Hall–Kier alpha value is -1.30. The largest absolute Gasteiger partial charge is 0.387 e. The zero-order valence-electron chi connectivity index (χ0n) is 11.3. The van der Waals surface area contributed by atoms with Crippen molar-refractivity contribution in [2.45, 2.75) is 47.0 Å². The van der Waals surface area contributed by atoms with Crippen LogP contribution in [0.5, 0.6) is 0 Å². The maximum Gasteiger partial charge on any atom is 0.175 e. The normalized spacial score (nSPS) is 19.4. The molecule has 3 heteroatoms. The summed E-state index contributed by atoms with van der Waals surface area (Å²) < 4.78 is 0. The molecule has 1 N–H and O–H groups in total. The molecule has 0 fully saturated rings. The highest BCUT2D eigenvalue weighted by Gasteiger charge is 2.32. The third-order valence-corrected chi connectivity index (χ3v) is 3.05. The molecule has 0 aromatic heterocycles. The fourth-order valence-corrected chi connectivity index (χ4v) is 2.11. The van der Waals surface area contributed by atoms with Gasteiger partial charge in [0.25, 0.3) is 0 Å². The first-order valence-electron chi connectivity index (χ1n) is 6.26. The number of hydrogen-bond acceptors (Lipinski definition) is 3. The Morgan fingerprint density at radius 3 is 2.59 bits per heavy atom. The minimum Gasteiger partial charge on any atom is -0.387 e. The summed E-state index contributed by atoms with van der Waals surface area (Å²) in [5.74, 6) is 0.608. The number of hydrogen-bond donors (Lipinski definition) is 1. The van der Waals surface area contributed by atoms with Crippen molar-refractivity contribution in [3.8, 4) is 6.07 Å². The smallest absolute Gasteiger partial charge is 0.175 e. The molecular formula is C14H22N2O. The van der Waals surface area contributed by atoms with Gasteiger partial charge in [0.2, 0.25) is 0 Å². The van der Waals surface area contributed by atoms with E-state index in [0.29, 0.717) is 17.9 Å². The van der Waals surface area contributed by atoms with Crippen molar-refractivity contribution in [1.82, 2.24) is 5.32 Å². The molecule has 1 aliphatic rings. The predicted molar refractivity (Wildman–Crippen MR) is 68.1 cm³/mol. The predicted octanol–water partition coefficient (Wildman–Crippen LogP) is 2.79. The molecule has 0 spiro atoms. The number of Topliss-reactive ketones (excluding diaryl/α,β-unsaturated/α-hetero) is 1. The average Bonchev–Trinajstić information content (AvgIpc) is 2.14. The number of nitriles is 1. The molecule has 0 bridgehead atoms. The Bertz CT molecular complexity index is 372. The van der Waals surface area contributed by atoms with E-state index >= 15 is 0 Å². The molecule has 1 aliphatic carbocycles. The lowest BCUT2D eigenvalue weighted by atomic mass is 9.76. The maximum absolute atomic E-state index is 11.8. The Morgan fingerprint density at radius 2 is 2.06 bits per heavy atom. The molecule has 17 heavy (non-hydrogen) atoms. The molecule has 0 aromatic rings. The van der Waals surface area contributed by atoms with Crippen LogP contribution in [0.3, 0.4) is 0 Å². The van der Waals surface area contributed by atoms with E-state index in [1.54, 1.807) is 0 Å². The van der Waals surface area contributed by atoms with E-state index in [1.807, 2.05) is 6.07 Å². The van der Waals surface area contributed by atoms with Gasteiger partial charge in [0.1, 0.15) is 11.6 Å². The highest BCUT2D eigenvalue weighted by Crippen LogP contribution is 2.35. The molecule has 0 aromatic carbocycles. The summed E-state index contributed by atoms with van der Waals surface area (Å²) in [6.07, 6.45) is 2.32. The van der Waals surface area contributed by atoms with Crippen molar-refractivity contribution < 1.29 is 4.79 Å². The first-order valence-corrected chi connectivity index (χ1v) is 6.26. The minimum absolute atomic E-state index is 0.0178. The summed E-state index contributed by atoms with van der Waals surface area (Å²) in [6, 6.07) is 2.05. The van der Waals surface area contributed by atoms with Gasteiger partial charge < -0.3 is 5.32 Å². The maximum atomic E-state index is 11.8. The van der Waals surface area contributed by atoms with Gasteiger partial charge in [0.15, 0.2) is 5.78 Å². The van der Waals surface area contributed by atoms with Crippen LogP contribution in [0, 0.1) is 22.7 Å². The van der Waals surface area contributed by atoms with Crippen LogP contribution in [0.2, 0.25) is 0 Å². The average molecular weight is 234 g/mol.